The number of amides is 2. The van der Waals surface area contributed by atoms with Gasteiger partial charge >= 0.3 is 0 Å². The summed E-state index contributed by atoms with van der Waals surface area (Å²) >= 11 is 6.01. The van der Waals surface area contributed by atoms with Gasteiger partial charge in [0.15, 0.2) is 6.79 Å². The van der Waals surface area contributed by atoms with Crippen LogP contribution in [-0.4, -0.2) is 36.7 Å². The molecule has 0 aliphatic heterocycles. The molecule has 0 radical (unpaired) electrons. The number of nitrogens with one attached hydrogen (secondary N) is 2. The van der Waals surface area contributed by atoms with Crippen molar-refractivity contribution in [1.29, 1.82) is 0 Å². The Morgan fingerprint density at radius 2 is 1.83 bits per heavy atom. The van der Waals surface area contributed by atoms with Crippen molar-refractivity contribution in [2.24, 2.45) is 5.92 Å². The standard InChI is InChI=1S/C20H22ClN3O6/c1-12(2)18(20(26)22-13-4-7-15(8-5-13)30-11-29-3)23-19(25)16-9-6-14(24(27)28)10-17(16)21/h4-10,12,18H,11H2,1-3H3,(H,22,26)(H,23,25). The molecule has 2 aromatic rings. The monoisotopic (exact) mass is 435 g/mol. The summed E-state index contributed by atoms with van der Waals surface area (Å²) in [5, 5.41) is 16.1. The molecule has 0 bridgehead atoms. The summed E-state index contributed by atoms with van der Waals surface area (Å²) in [5.41, 5.74) is 0.339. The predicted octanol–water partition coefficient (Wildman–Crippen LogP) is 3.62. The molecule has 0 spiro atoms. The maximum Gasteiger partial charge on any atom is 0.270 e. The van der Waals surface area contributed by atoms with E-state index in [9.17, 15) is 19.7 Å². The minimum absolute atomic E-state index is 0.0420. The van der Waals surface area contributed by atoms with Crippen LogP contribution >= 0.6 is 11.6 Å². The van der Waals surface area contributed by atoms with Crippen LogP contribution < -0.4 is 15.4 Å². The maximum atomic E-state index is 12.7. The molecule has 1 atom stereocenters. The highest BCUT2D eigenvalue weighted by atomic mass is 35.5. The number of ether oxygens (including phenoxy) is 2. The van der Waals surface area contributed by atoms with Crippen molar-refractivity contribution in [3.63, 3.8) is 0 Å². The number of nitro groups is 1. The number of benzene rings is 2. The van der Waals surface area contributed by atoms with Gasteiger partial charge in [-0.1, -0.05) is 25.4 Å². The summed E-state index contributed by atoms with van der Waals surface area (Å²) < 4.78 is 10.1. The third-order valence-electron chi connectivity index (χ3n) is 4.11. The lowest BCUT2D eigenvalue weighted by Crippen LogP contribution is -2.47. The van der Waals surface area contributed by atoms with Gasteiger partial charge in [0.05, 0.1) is 15.5 Å². The number of methoxy groups -OCH3 is 1. The highest BCUT2D eigenvalue weighted by molar-refractivity contribution is 6.34. The van der Waals surface area contributed by atoms with E-state index in [2.05, 4.69) is 10.6 Å². The summed E-state index contributed by atoms with van der Waals surface area (Å²) in [6, 6.07) is 9.34. The van der Waals surface area contributed by atoms with E-state index in [1.165, 1.54) is 19.2 Å². The van der Waals surface area contributed by atoms with Gasteiger partial charge in [-0.05, 0) is 36.2 Å². The van der Waals surface area contributed by atoms with Gasteiger partial charge < -0.3 is 20.1 Å². The second kappa shape index (κ2) is 10.6. The van der Waals surface area contributed by atoms with Gasteiger partial charge in [-0.3, -0.25) is 19.7 Å². The fourth-order valence-corrected chi connectivity index (χ4v) is 2.80. The first-order valence-corrected chi connectivity index (χ1v) is 9.38. The van der Waals surface area contributed by atoms with E-state index in [0.717, 1.165) is 6.07 Å². The summed E-state index contributed by atoms with van der Waals surface area (Å²) in [6.45, 7) is 3.67. The molecule has 2 amide bonds. The number of nitrogens with zero attached hydrogens (tertiary/aromatic N) is 1. The molecule has 0 aliphatic carbocycles. The zero-order valence-electron chi connectivity index (χ0n) is 16.7. The maximum absolute atomic E-state index is 12.7. The molecule has 0 fully saturated rings. The Balaban J connectivity index is 2.08. The number of rotatable bonds is 9. The van der Waals surface area contributed by atoms with E-state index in [-0.39, 0.29) is 29.0 Å². The number of halogens is 1. The first-order valence-electron chi connectivity index (χ1n) is 9.00. The van der Waals surface area contributed by atoms with Crippen molar-refractivity contribution in [2.45, 2.75) is 19.9 Å². The minimum Gasteiger partial charge on any atom is -0.468 e. The minimum atomic E-state index is -0.854. The van der Waals surface area contributed by atoms with Crippen LogP contribution in [0.15, 0.2) is 42.5 Å². The van der Waals surface area contributed by atoms with Gasteiger partial charge in [-0.15, -0.1) is 0 Å². The van der Waals surface area contributed by atoms with Crippen molar-refractivity contribution < 1.29 is 24.0 Å². The van der Waals surface area contributed by atoms with Gasteiger partial charge in [-0.2, -0.15) is 0 Å². The number of non-ortho nitro benzene ring substituents is 1. The molecule has 2 rings (SSSR count). The van der Waals surface area contributed by atoms with E-state index < -0.39 is 22.8 Å². The quantitative estimate of drug-likeness (QED) is 0.352. The Morgan fingerprint density at radius 3 is 2.37 bits per heavy atom. The Bertz CT molecular complexity index is 917. The molecule has 0 aliphatic rings. The fraction of sp³-hybridized carbons (Fsp3) is 0.300. The highest BCUT2D eigenvalue weighted by Gasteiger charge is 2.26. The fourth-order valence-electron chi connectivity index (χ4n) is 2.54. The Labute approximate surface area is 178 Å². The molecule has 160 valence electrons. The van der Waals surface area contributed by atoms with Crippen LogP contribution in [0, 0.1) is 16.0 Å². The molecule has 2 N–H and O–H groups in total. The zero-order valence-corrected chi connectivity index (χ0v) is 17.4. The summed E-state index contributed by atoms with van der Waals surface area (Å²) in [6.07, 6.45) is 0. The van der Waals surface area contributed by atoms with Crippen LogP contribution in [0.3, 0.4) is 0 Å². The summed E-state index contributed by atoms with van der Waals surface area (Å²) in [7, 11) is 1.51. The number of hydrogen-bond acceptors (Lipinski definition) is 6. The van der Waals surface area contributed by atoms with Gasteiger partial charge in [-0.25, -0.2) is 0 Å². The third-order valence-corrected chi connectivity index (χ3v) is 4.42. The number of carbonyl (C=O) groups is 2. The van der Waals surface area contributed by atoms with Crippen LogP contribution in [0.1, 0.15) is 24.2 Å². The molecule has 10 heteroatoms. The SMILES string of the molecule is COCOc1ccc(NC(=O)C(NC(=O)c2ccc([N+](=O)[O-])cc2Cl)C(C)C)cc1. The van der Waals surface area contributed by atoms with E-state index in [4.69, 9.17) is 21.1 Å². The van der Waals surface area contributed by atoms with Crippen molar-refractivity contribution in [3.8, 4) is 5.75 Å². The average Bonchev–Trinajstić information content (AvgIpc) is 2.70. The summed E-state index contributed by atoms with van der Waals surface area (Å²) in [4.78, 5) is 35.5. The van der Waals surface area contributed by atoms with Crippen LogP contribution in [-0.2, 0) is 9.53 Å². The normalized spacial score (nSPS) is 11.6. The Hall–Kier alpha value is -3.17. The van der Waals surface area contributed by atoms with E-state index >= 15 is 0 Å². The first kappa shape index (κ1) is 23.1. The molecule has 2 aromatic carbocycles. The van der Waals surface area contributed by atoms with Crippen LogP contribution in [0.4, 0.5) is 11.4 Å². The highest BCUT2D eigenvalue weighted by Crippen LogP contribution is 2.23. The largest absolute Gasteiger partial charge is 0.468 e. The molecule has 9 nitrogen and oxygen atoms in total. The van der Waals surface area contributed by atoms with Crippen molar-refractivity contribution in [3.05, 3.63) is 63.2 Å². The third kappa shape index (κ3) is 6.16. The number of carbonyl (C=O) groups excluding carboxylic acids is 2. The zero-order chi connectivity index (χ0) is 22.3. The lowest BCUT2D eigenvalue weighted by molar-refractivity contribution is -0.384. The average molecular weight is 436 g/mol. The van der Waals surface area contributed by atoms with Gasteiger partial charge in [0.2, 0.25) is 5.91 Å². The Kier molecular flexibility index (Phi) is 8.14. The second-order valence-electron chi connectivity index (χ2n) is 6.68. The second-order valence-corrected chi connectivity index (χ2v) is 7.09. The van der Waals surface area contributed by atoms with E-state index in [1.54, 1.807) is 38.1 Å². The molecular weight excluding hydrogens is 414 g/mol. The van der Waals surface area contributed by atoms with Crippen molar-refractivity contribution >= 4 is 34.8 Å². The molecule has 0 saturated heterocycles. The molecule has 1 unspecified atom stereocenters. The smallest absolute Gasteiger partial charge is 0.270 e. The molecule has 30 heavy (non-hydrogen) atoms. The lowest BCUT2D eigenvalue weighted by atomic mass is 10.0. The van der Waals surface area contributed by atoms with Crippen LogP contribution in [0.5, 0.6) is 5.75 Å². The van der Waals surface area contributed by atoms with Crippen LogP contribution in [0.2, 0.25) is 5.02 Å². The summed E-state index contributed by atoms with van der Waals surface area (Å²) in [5.74, 6) is -0.666. The number of anilines is 1. The first-order chi connectivity index (χ1) is 14.2. The lowest BCUT2D eigenvalue weighted by Gasteiger charge is -2.22. The topological polar surface area (TPSA) is 120 Å². The number of nitro benzene ring substituents is 1. The molecular formula is C20H22ClN3O6. The van der Waals surface area contributed by atoms with Gasteiger partial charge in [0.25, 0.3) is 11.6 Å². The predicted molar refractivity (Wildman–Crippen MR) is 112 cm³/mol. The Morgan fingerprint density at radius 1 is 1.17 bits per heavy atom. The molecule has 0 heterocycles. The van der Waals surface area contributed by atoms with Crippen LogP contribution in [0.25, 0.3) is 0 Å². The van der Waals surface area contributed by atoms with E-state index in [1.807, 2.05) is 0 Å². The van der Waals surface area contributed by atoms with Crippen molar-refractivity contribution in [1.82, 2.24) is 5.32 Å². The van der Waals surface area contributed by atoms with Gasteiger partial charge in [0, 0.05) is 24.9 Å². The van der Waals surface area contributed by atoms with Gasteiger partial charge in [0.1, 0.15) is 11.8 Å². The molecule has 0 saturated carbocycles. The van der Waals surface area contributed by atoms with E-state index in [0.29, 0.717) is 11.4 Å². The van der Waals surface area contributed by atoms with Crippen molar-refractivity contribution in [2.75, 3.05) is 19.2 Å². The number of hydrogen-bond donors (Lipinski definition) is 2. The molecule has 0 aromatic heterocycles.